The zero-order chi connectivity index (χ0) is 27.8. The highest BCUT2D eigenvalue weighted by Gasteiger charge is 2.47. The van der Waals surface area contributed by atoms with Gasteiger partial charge < -0.3 is 15.2 Å². The fourth-order valence-corrected chi connectivity index (χ4v) is 3.93. The Bertz CT molecular complexity index is 1410. The number of halogens is 6. The van der Waals surface area contributed by atoms with Gasteiger partial charge in [-0.05, 0) is 30.3 Å². The Kier molecular flexibility index (Phi) is 7.26. The first kappa shape index (κ1) is 26.9. The molecule has 2 aromatic carbocycles. The van der Waals surface area contributed by atoms with Crippen molar-refractivity contribution in [3.05, 3.63) is 76.0 Å². The summed E-state index contributed by atoms with van der Waals surface area (Å²) in [5, 5.41) is 7.75. The average Bonchev–Trinajstić information content (AvgIpc) is 3.35. The van der Waals surface area contributed by atoms with E-state index in [1.54, 1.807) is 0 Å². The van der Waals surface area contributed by atoms with Crippen LogP contribution in [0.25, 0.3) is 0 Å². The summed E-state index contributed by atoms with van der Waals surface area (Å²) >= 11 is 5.44. The predicted octanol–water partition coefficient (Wildman–Crippen LogP) is 3.77. The van der Waals surface area contributed by atoms with Gasteiger partial charge in [-0.1, -0.05) is 11.6 Å². The van der Waals surface area contributed by atoms with Crippen LogP contribution < -0.4 is 20.9 Å². The highest BCUT2D eigenvalue weighted by molar-refractivity contribution is 6.30. The summed E-state index contributed by atoms with van der Waals surface area (Å²) in [5.41, 5.74) is -1.02. The molecule has 0 atom stereocenters. The lowest BCUT2D eigenvalue weighted by molar-refractivity contribution is -0.122. The minimum absolute atomic E-state index is 0.0645. The van der Waals surface area contributed by atoms with E-state index in [4.69, 9.17) is 11.6 Å². The number of hydrogen-bond acceptors (Lipinski definition) is 4. The molecule has 5 rings (SSSR count). The van der Waals surface area contributed by atoms with Crippen molar-refractivity contribution in [1.82, 2.24) is 20.2 Å². The second-order valence-corrected chi connectivity index (χ2v) is 8.55. The fourth-order valence-electron chi connectivity index (χ4n) is 3.80. The van der Waals surface area contributed by atoms with Crippen molar-refractivity contribution in [1.29, 1.82) is 0 Å². The second-order valence-electron chi connectivity index (χ2n) is 8.11. The van der Waals surface area contributed by atoms with Crippen LogP contribution in [0.5, 0.6) is 0 Å². The van der Waals surface area contributed by atoms with Gasteiger partial charge in [0.1, 0.15) is 12.4 Å². The van der Waals surface area contributed by atoms with E-state index in [0.717, 1.165) is 0 Å². The molecule has 3 aromatic rings. The van der Waals surface area contributed by atoms with Crippen molar-refractivity contribution < 1.29 is 36.3 Å². The van der Waals surface area contributed by atoms with E-state index in [-0.39, 0.29) is 42.2 Å². The third-order valence-electron chi connectivity index (χ3n) is 5.61. The molecule has 0 spiro atoms. The minimum Gasteiger partial charge on any atom is -0.352 e. The third-order valence-corrected chi connectivity index (χ3v) is 5.86. The molecule has 0 radical (unpaired) electrons. The maximum Gasteiger partial charge on any atom is 0.327 e. The van der Waals surface area contributed by atoms with Gasteiger partial charge in [0.25, 0.3) is 11.8 Å². The molecule has 0 aliphatic carbocycles. The van der Waals surface area contributed by atoms with E-state index in [1.165, 1.54) is 35.9 Å². The van der Waals surface area contributed by atoms with Crippen LogP contribution in [0, 0.1) is 17.5 Å². The normalized spacial score (nSPS) is 15.0. The summed E-state index contributed by atoms with van der Waals surface area (Å²) in [7, 11) is 1.35. The van der Waals surface area contributed by atoms with Crippen molar-refractivity contribution in [2.45, 2.75) is 19.0 Å². The van der Waals surface area contributed by atoms with Gasteiger partial charge in [0.15, 0.2) is 17.5 Å². The molecule has 3 heterocycles. The number of imidazole rings is 1. The molecule has 0 saturated heterocycles. The van der Waals surface area contributed by atoms with Gasteiger partial charge in [0.2, 0.25) is 11.7 Å². The number of rotatable bonds is 2. The Hall–Kier alpha value is -4.20. The van der Waals surface area contributed by atoms with E-state index in [0.29, 0.717) is 22.1 Å². The average molecular weight is 557 g/mol. The summed E-state index contributed by atoms with van der Waals surface area (Å²) in [6.07, 6.45) is 0. The number of fused-ring (bicyclic) bond motifs is 2. The number of carbonyl (C=O) groups is 3. The fraction of sp³-hybridized carbons (Fsp3) is 0.217. The zero-order valence-corrected chi connectivity index (χ0v) is 20.2. The molecule has 1 aromatic heterocycles. The lowest BCUT2D eigenvalue weighted by Crippen LogP contribution is -2.38. The van der Waals surface area contributed by atoms with Crippen molar-refractivity contribution in [3.63, 3.8) is 0 Å². The van der Waals surface area contributed by atoms with Gasteiger partial charge in [-0.25, -0.2) is 22.9 Å². The summed E-state index contributed by atoms with van der Waals surface area (Å²) in [4.78, 5) is 41.0. The number of hydrogen-bond donors (Lipinski definition) is 3. The van der Waals surface area contributed by atoms with Crippen LogP contribution >= 0.6 is 11.6 Å². The predicted molar refractivity (Wildman–Crippen MR) is 125 cm³/mol. The molecule has 15 heteroatoms. The van der Waals surface area contributed by atoms with Gasteiger partial charge in [-0.3, -0.25) is 19.8 Å². The molecular weight excluding hydrogens is 539 g/mol. The quantitative estimate of drug-likeness (QED) is 0.418. The van der Waals surface area contributed by atoms with Crippen LogP contribution in [0.3, 0.4) is 0 Å². The number of alkyl halides is 2. The topological polar surface area (TPSA) is 108 Å². The summed E-state index contributed by atoms with van der Waals surface area (Å²) in [5.74, 6) is -7.96. The largest absolute Gasteiger partial charge is 0.352 e. The third kappa shape index (κ3) is 5.25. The molecule has 0 saturated carbocycles. The number of carbonyl (C=O) groups excluding carboxylic acids is 3. The Morgan fingerprint density at radius 2 is 1.76 bits per heavy atom. The minimum atomic E-state index is -3.59. The molecule has 4 amide bonds. The monoisotopic (exact) mass is 556 g/mol. The number of urea groups is 1. The second kappa shape index (κ2) is 10.3. The smallest absolute Gasteiger partial charge is 0.327 e. The lowest BCUT2D eigenvalue weighted by Gasteiger charge is -2.20. The molecule has 9 nitrogen and oxygen atoms in total. The van der Waals surface area contributed by atoms with Crippen LogP contribution in [0.4, 0.5) is 38.3 Å². The van der Waals surface area contributed by atoms with E-state index in [2.05, 4.69) is 20.9 Å². The SMILES string of the molecule is CNC(=O)c1nc(NC(=O)N2CC(F)(F)c3cc(F)c(F)cc32)c2n1CC(=O)NC2.Fc1ccc(Cl)cc1. The molecule has 2 aliphatic heterocycles. The highest BCUT2D eigenvalue weighted by atomic mass is 35.5. The van der Waals surface area contributed by atoms with E-state index in [9.17, 15) is 36.3 Å². The summed E-state index contributed by atoms with van der Waals surface area (Å²) in [6, 6.07) is 5.46. The lowest BCUT2D eigenvalue weighted by atomic mass is 10.1. The maximum atomic E-state index is 14.2. The van der Waals surface area contributed by atoms with Gasteiger partial charge in [0, 0.05) is 23.7 Å². The zero-order valence-electron chi connectivity index (χ0n) is 19.4. The van der Waals surface area contributed by atoms with Crippen LogP contribution in [-0.4, -0.2) is 41.0 Å². The Morgan fingerprint density at radius 3 is 2.39 bits per heavy atom. The van der Waals surface area contributed by atoms with Crippen molar-refractivity contribution in [3.8, 4) is 0 Å². The van der Waals surface area contributed by atoms with E-state index < -0.39 is 47.3 Å². The van der Waals surface area contributed by atoms with Gasteiger partial charge in [0.05, 0.1) is 24.5 Å². The number of benzene rings is 2. The first-order chi connectivity index (χ1) is 17.9. The van der Waals surface area contributed by atoms with Crippen molar-refractivity contribution in [2.24, 2.45) is 0 Å². The highest BCUT2D eigenvalue weighted by Crippen LogP contribution is 2.44. The number of nitrogens with one attached hydrogen (secondary N) is 3. The molecule has 38 heavy (non-hydrogen) atoms. The van der Waals surface area contributed by atoms with E-state index in [1.807, 2.05) is 0 Å². The van der Waals surface area contributed by atoms with Gasteiger partial charge in [-0.2, -0.15) is 8.78 Å². The van der Waals surface area contributed by atoms with Gasteiger partial charge >= 0.3 is 6.03 Å². The Morgan fingerprint density at radius 1 is 1.11 bits per heavy atom. The molecule has 0 bridgehead atoms. The molecule has 0 fully saturated rings. The van der Waals surface area contributed by atoms with Gasteiger partial charge in [-0.15, -0.1) is 0 Å². The van der Waals surface area contributed by atoms with Crippen molar-refractivity contribution >= 4 is 41.0 Å². The number of anilines is 2. The first-order valence-electron chi connectivity index (χ1n) is 10.9. The molecule has 2 aliphatic rings. The summed E-state index contributed by atoms with van der Waals surface area (Å²) in [6.45, 7) is -1.42. The standard InChI is InChI=1S/C17H14F4N6O3.C6H4ClF/c1-22-15(29)14-24-13(11-4-23-12(28)5-26(11)14)25-16(30)27-6-17(20,21)7-2-8(18)9(19)3-10(7)27;7-5-1-3-6(8)4-2-5/h2-3H,4-6H2,1H3,(H,22,29)(H,23,28)(H,25,30);1-4H. The van der Waals surface area contributed by atoms with Crippen LogP contribution in [0.2, 0.25) is 5.02 Å². The van der Waals surface area contributed by atoms with E-state index >= 15 is 0 Å². The number of aromatic nitrogens is 2. The Balaban J connectivity index is 0.000000360. The molecule has 200 valence electrons. The number of amides is 4. The van der Waals surface area contributed by atoms with Crippen LogP contribution in [-0.2, 0) is 23.8 Å². The molecule has 3 N–H and O–H groups in total. The summed E-state index contributed by atoms with van der Waals surface area (Å²) < 4.78 is 68.8. The first-order valence-corrected chi connectivity index (χ1v) is 11.2. The van der Waals surface area contributed by atoms with Crippen LogP contribution in [0.1, 0.15) is 21.9 Å². The van der Waals surface area contributed by atoms with Crippen molar-refractivity contribution in [2.75, 3.05) is 23.8 Å². The molecule has 0 unspecified atom stereocenters. The van der Waals surface area contributed by atoms with Crippen LogP contribution in [0.15, 0.2) is 36.4 Å². The maximum absolute atomic E-state index is 14.2. The number of nitrogens with zero attached hydrogens (tertiary/aromatic N) is 3. The Labute approximate surface area is 216 Å². The molecular formula is C23H18ClF5N6O3.